The van der Waals surface area contributed by atoms with E-state index in [9.17, 15) is 4.79 Å². The third kappa shape index (κ3) is 3.27. The number of nitrogens with one attached hydrogen (secondary N) is 1. The molecule has 0 fully saturated rings. The summed E-state index contributed by atoms with van der Waals surface area (Å²) in [6, 6.07) is 10.7. The highest BCUT2D eigenvalue weighted by Crippen LogP contribution is 2.20. The monoisotopic (exact) mass is 290 g/mol. The fraction of sp³-hybridized carbons (Fsp3) is 0.200. The van der Waals surface area contributed by atoms with Gasteiger partial charge in [-0.2, -0.15) is 0 Å². The van der Waals surface area contributed by atoms with Crippen molar-refractivity contribution in [2.24, 2.45) is 0 Å². The van der Waals surface area contributed by atoms with E-state index >= 15 is 0 Å². The third-order valence-corrected chi connectivity index (χ3v) is 3.25. The van der Waals surface area contributed by atoms with Crippen LogP contribution in [0.5, 0.6) is 5.75 Å². The number of benzene rings is 1. The second kappa shape index (κ2) is 6.39. The molecule has 20 heavy (non-hydrogen) atoms. The Morgan fingerprint density at radius 1 is 1.35 bits per heavy atom. The summed E-state index contributed by atoms with van der Waals surface area (Å²) in [6.07, 6.45) is 1.55. The molecular formula is C15H15ClN2O2. The molecule has 0 aliphatic carbocycles. The highest BCUT2D eigenvalue weighted by atomic mass is 35.5. The zero-order valence-electron chi connectivity index (χ0n) is 11.3. The molecule has 0 bridgehead atoms. The summed E-state index contributed by atoms with van der Waals surface area (Å²) >= 11 is 5.90. The van der Waals surface area contributed by atoms with Crippen molar-refractivity contribution in [1.82, 2.24) is 10.3 Å². The molecule has 1 unspecified atom stereocenters. The van der Waals surface area contributed by atoms with Gasteiger partial charge < -0.3 is 10.1 Å². The molecule has 1 atom stereocenters. The first-order valence-electron chi connectivity index (χ1n) is 6.17. The van der Waals surface area contributed by atoms with Gasteiger partial charge in [-0.1, -0.05) is 23.7 Å². The smallest absolute Gasteiger partial charge is 0.254 e. The molecule has 1 heterocycles. The Bertz CT molecular complexity index is 616. The van der Waals surface area contributed by atoms with Gasteiger partial charge in [0, 0.05) is 6.20 Å². The van der Waals surface area contributed by atoms with E-state index in [2.05, 4.69) is 10.3 Å². The van der Waals surface area contributed by atoms with Gasteiger partial charge in [-0.05, 0) is 36.8 Å². The molecule has 2 rings (SSSR count). The van der Waals surface area contributed by atoms with Crippen LogP contribution in [0, 0.1) is 0 Å². The molecule has 2 aromatic rings. The predicted molar refractivity (Wildman–Crippen MR) is 78.1 cm³/mol. The highest BCUT2D eigenvalue weighted by molar-refractivity contribution is 6.32. The SMILES string of the molecule is COc1cccc(C(C)NC(=O)c2cccnc2Cl)c1. The minimum atomic E-state index is -0.251. The van der Waals surface area contributed by atoms with Crippen LogP contribution in [0.4, 0.5) is 0 Å². The van der Waals surface area contributed by atoms with Gasteiger partial charge in [0.25, 0.3) is 5.91 Å². The number of aromatic nitrogens is 1. The van der Waals surface area contributed by atoms with Crippen LogP contribution in [-0.2, 0) is 0 Å². The van der Waals surface area contributed by atoms with E-state index in [0.717, 1.165) is 11.3 Å². The van der Waals surface area contributed by atoms with E-state index in [-0.39, 0.29) is 17.1 Å². The fourth-order valence-corrected chi connectivity index (χ4v) is 2.03. The number of pyridine rings is 1. The van der Waals surface area contributed by atoms with Crippen molar-refractivity contribution in [2.45, 2.75) is 13.0 Å². The average molecular weight is 291 g/mol. The van der Waals surface area contributed by atoms with Crippen LogP contribution in [0.25, 0.3) is 0 Å². The van der Waals surface area contributed by atoms with Crippen LogP contribution in [0.1, 0.15) is 28.9 Å². The number of ether oxygens (including phenoxy) is 1. The van der Waals surface area contributed by atoms with Crippen LogP contribution < -0.4 is 10.1 Å². The summed E-state index contributed by atoms with van der Waals surface area (Å²) in [5, 5.41) is 3.08. The maximum Gasteiger partial charge on any atom is 0.254 e. The largest absolute Gasteiger partial charge is 0.497 e. The molecule has 5 heteroatoms. The Morgan fingerprint density at radius 2 is 2.15 bits per heavy atom. The quantitative estimate of drug-likeness (QED) is 0.880. The molecule has 104 valence electrons. The highest BCUT2D eigenvalue weighted by Gasteiger charge is 2.14. The zero-order chi connectivity index (χ0) is 14.5. The lowest BCUT2D eigenvalue weighted by Crippen LogP contribution is -2.27. The van der Waals surface area contributed by atoms with E-state index in [0.29, 0.717) is 5.56 Å². The number of amides is 1. The lowest BCUT2D eigenvalue weighted by Gasteiger charge is -2.15. The normalized spacial score (nSPS) is 11.8. The number of methoxy groups -OCH3 is 1. The predicted octanol–water partition coefficient (Wildman–Crippen LogP) is 3.23. The zero-order valence-corrected chi connectivity index (χ0v) is 12.0. The molecule has 1 N–H and O–H groups in total. The van der Waals surface area contributed by atoms with Gasteiger partial charge in [-0.15, -0.1) is 0 Å². The Kier molecular flexibility index (Phi) is 4.58. The molecule has 0 aliphatic heterocycles. The number of nitrogens with zero attached hydrogens (tertiary/aromatic N) is 1. The van der Waals surface area contributed by atoms with Crippen LogP contribution in [0.2, 0.25) is 5.15 Å². The van der Waals surface area contributed by atoms with E-state index < -0.39 is 0 Å². The first-order valence-corrected chi connectivity index (χ1v) is 6.55. The number of hydrogen-bond donors (Lipinski definition) is 1. The first kappa shape index (κ1) is 14.3. The summed E-state index contributed by atoms with van der Waals surface area (Å²) in [4.78, 5) is 16.0. The Hall–Kier alpha value is -2.07. The number of carbonyl (C=O) groups is 1. The van der Waals surface area contributed by atoms with Gasteiger partial charge in [0.15, 0.2) is 0 Å². The lowest BCUT2D eigenvalue weighted by molar-refractivity contribution is 0.0939. The molecule has 0 saturated carbocycles. The van der Waals surface area contributed by atoms with Crippen LogP contribution in [0.15, 0.2) is 42.6 Å². The van der Waals surface area contributed by atoms with Crippen molar-refractivity contribution in [3.8, 4) is 5.75 Å². The maximum absolute atomic E-state index is 12.1. The minimum absolute atomic E-state index is 0.158. The first-order chi connectivity index (χ1) is 9.61. The second-order valence-electron chi connectivity index (χ2n) is 4.31. The van der Waals surface area contributed by atoms with Gasteiger partial charge in [-0.3, -0.25) is 4.79 Å². The molecule has 1 aromatic heterocycles. The number of halogens is 1. The molecule has 1 amide bonds. The van der Waals surface area contributed by atoms with Crippen molar-refractivity contribution in [3.63, 3.8) is 0 Å². The Labute approximate surface area is 122 Å². The standard InChI is InChI=1S/C15H15ClN2O2/c1-10(11-5-3-6-12(9-11)20-2)18-15(19)13-7-4-8-17-14(13)16/h3-10H,1-2H3,(H,18,19). The summed E-state index contributed by atoms with van der Waals surface area (Å²) in [6.45, 7) is 1.90. The number of rotatable bonds is 4. The van der Waals surface area contributed by atoms with Gasteiger partial charge >= 0.3 is 0 Å². The van der Waals surface area contributed by atoms with Gasteiger partial charge in [0.1, 0.15) is 10.9 Å². The molecule has 4 nitrogen and oxygen atoms in total. The third-order valence-electron chi connectivity index (χ3n) is 2.95. The van der Waals surface area contributed by atoms with Crippen LogP contribution >= 0.6 is 11.6 Å². The maximum atomic E-state index is 12.1. The molecule has 0 aliphatic rings. The minimum Gasteiger partial charge on any atom is -0.497 e. The summed E-state index contributed by atoms with van der Waals surface area (Å²) < 4.78 is 5.17. The average Bonchev–Trinajstić information content (AvgIpc) is 2.47. The lowest BCUT2D eigenvalue weighted by atomic mass is 10.1. The summed E-state index contributed by atoms with van der Waals surface area (Å²) in [5.74, 6) is 0.501. The fourth-order valence-electron chi connectivity index (χ4n) is 1.82. The summed E-state index contributed by atoms with van der Waals surface area (Å²) in [5.41, 5.74) is 1.32. The second-order valence-corrected chi connectivity index (χ2v) is 4.67. The molecule has 1 aromatic carbocycles. The van der Waals surface area contributed by atoms with Crippen LogP contribution in [0.3, 0.4) is 0 Å². The van der Waals surface area contributed by atoms with Crippen molar-refractivity contribution >= 4 is 17.5 Å². The van der Waals surface area contributed by atoms with E-state index in [4.69, 9.17) is 16.3 Å². The molecule has 0 saturated heterocycles. The van der Waals surface area contributed by atoms with Crippen molar-refractivity contribution < 1.29 is 9.53 Å². The summed E-state index contributed by atoms with van der Waals surface area (Å²) in [7, 11) is 1.61. The number of hydrogen-bond acceptors (Lipinski definition) is 3. The van der Waals surface area contributed by atoms with Gasteiger partial charge in [0.2, 0.25) is 0 Å². The number of carbonyl (C=O) groups excluding carboxylic acids is 1. The Morgan fingerprint density at radius 3 is 2.85 bits per heavy atom. The van der Waals surface area contributed by atoms with Crippen molar-refractivity contribution in [3.05, 3.63) is 58.9 Å². The topological polar surface area (TPSA) is 51.2 Å². The van der Waals surface area contributed by atoms with E-state index in [1.165, 1.54) is 0 Å². The van der Waals surface area contributed by atoms with Gasteiger partial charge in [-0.25, -0.2) is 4.98 Å². The van der Waals surface area contributed by atoms with E-state index in [1.54, 1.807) is 25.4 Å². The van der Waals surface area contributed by atoms with E-state index in [1.807, 2.05) is 31.2 Å². The molecule has 0 radical (unpaired) electrons. The van der Waals surface area contributed by atoms with Gasteiger partial charge in [0.05, 0.1) is 18.7 Å². The van der Waals surface area contributed by atoms with Crippen molar-refractivity contribution in [1.29, 1.82) is 0 Å². The molecular weight excluding hydrogens is 276 g/mol. The van der Waals surface area contributed by atoms with Crippen molar-refractivity contribution in [2.75, 3.05) is 7.11 Å². The van der Waals surface area contributed by atoms with Crippen LogP contribution in [-0.4, -0.2) is 18.0 Å². The molecule has 0 spiro atoms. The Balaban J connectivity index is 2.13.